The van der Waals surface area contributed by atoms with Gasteiger partial charge < -0.3 is 9.47 Å². The minimum Gasteiger partial charge on any atom is -0.496 e. The summed E-state index contributed by atoms with van der Waals surface area (Å²) < 4.78 is 11.3. The molecule has 4 nitrogen and oxygen atoms in total. The van der Waals surface area contributed by atoms with Crippen LogP contribution in [0.1, 0.15) is 44.7 Å². The number of hydrogen-bond acceptors (Lipinski definition) is 4. The topological polar surface area (TPSA) is 59.3 Å². The van der Waals surface area contributed by atoms with Gasteiger partial charge in [0.25, 0.3) is 0 Å². The first kappa shape index (κ1) is 21.4. The molecule has 3 aromatic rings. The van der Waals surface area contributed by atoms with Crippen LogP contribution in [0.3, 0.4) is 0 Å². The van der Waals surface area contributed by atoms with E-state index in [2.05, 4.69) is 6.07 Å². The number of methoxy groups -OCH3 is 1. The van der Waals surface area contributed by atoms with Crippen molar-refractivity contribution in [3.05, 3.63) is 77.9 Å². The number of nitrogens with zero attached hydrogens (tertiary/aromatic N) is 1. The molecule has 0 spiro atoms. The molecule has 0 aromatic heterocycles. The van der Waals surface area contributed by atoms with Gasteiger partial charge in [0.1, 0.15) is 11.4 Å². The summed E-state index contributed by atoms with van der Waals surface area (Å²) in [5, 5.41) is 12.3. The molecule has 154 valence electrons. The SMILES string of the molecule is COc1ccccc1C(c1cccc2ccccc12)C(C)(C#N)C(=O)OC(C)(C)C. The maximum atomic E-state index is 13.3. The average molecular weight is 402 g/mol. The highest BCUT2D eigenvalue weighted by atomic mass is 16.6. The highest BCUT2D eigenvalue weighted by molar-refractivity contribution is 5.89. The van der Waals surface area contributed by atoms with Crippen LogP contribution in [-0.4, -0.2) is 18.7 Å². The molecule has 3 aromatic carbocycles. The van der Waals surface area contributed by atoms with Crippen molar-refractivity contribution in [1.82, 2.24) is 0 Å². The second-order valence-electron chi connectivity index (χ2n) is 8.56. The molecule has 3 rings (SSSR count). The summed E-state index contributed by atoms with van der Waals surface area (Å²) in [5.41, 5.74) is -0.524. The van der Waals surface area contributed by atoms with Crippen molar-refractivity contribution < 1.29 is 14.3 Å². The Morgan fingerprint density at radius 2 is 1.50 bits per heavy atom. The van der Waals surface area contributed by atoms with E-state index in [0.717, 1.165) is 21.9 Å². The second-order valence-corrected chi connectivity index (χ2v) is 8.56. The lowest BCUT2D eigenvalue weighted by atomic mass is 9.69. The van der Waals surface area contributed by atoms with Gasteiger partial charge in [-0.25, -0.2) is 0 Å². The third kappa shape index (κ3) is 4.02. The van der Waals surface area contributed by atoms with E-state index in [0.29, 0.717) is 5.75 Å². The summed E-state index contributed by atoms with van der Waals surface area (Å²) in [6, 6.07) is 23.7. The Kier molecular flexibility index (Phi) is 5.85. The van der Waals surface area contributed by atoms with E-state index in [4.69, 9.17) is 9.47 Å². The first-order valence-electron chi connectivity index (χ1n) is 9.96. The number of hydrogen-bond donors (Lipinski definition) is 0. The zero-order valence-electron chi connectivity index (χ0n) is 18.1. The van der Waals surface area contributed by atoms with Gasteiger partial charge in [-0.15, -0.1) is 0 Å². The Labute approximate surface area is 178 Å². The van der Waals surface area contributed by atoms with Crippen molar-refractivity contribution in [3.8, 4) is 11.8 Å². The minimum atomic E-state index is -1.47. The molecule has 0 bridgehead atoms. The normalized spacial score (nSPS) is 14.4. The van der Waals surface area contributed by atoms with Crippen molar-refractivity contribution >= 4 is 16.7 Å². The van der Waals surface area contributed by atoms with E-state index in [1.54, 1.807) is 34.8 Å². The Balaban J connectivity index is 2.33. The van der Waals surface area contributed by atoms with Gasteiger partial charge in [-0.3, -0.25) is 4.79 Å². The van der Waals surface area contributed by atoms with Crippen LogP contribution in [-0.2, 0) is 9.53 Å². The molecule has 2 unspecified atom stereocenters. The van der Waals surface area contributed by atoms with E-state index in [-0.39, 0.29) is 0 Å². The van der Waals surface area contributed by atoms with Crippen molar-refractivity contribution in [1.29, 1.82) is 5.26 Å². The molecule has 0 N–H and O–H groups in total. The molecule has 2 atom stereocenters. The standard InChI is InChI=1S/C26H27NO3/c1-25(2,3)30-24(28)26(4,17-27)23(21-14-8-9-16-22(21)29-5)20-15-10-12-18-11-6-7-13-19(18)20/h6-16,23H,1-5H3. The number of ether oxygens (including phenoxy) is 2. The van der Waals surface area contributed by atoms with Crippen LogP contribution < -0.4 is 4.74 Å². The fourth-order valence-electron chi connectivity index (χ4n) is 3.81. The summed E-state index contributed by atoms with van der Waals surface area (Å²) >= 11 is 0. The molecule has 0 radical (unpaired) electrons. The highest BCUT2D eigenvalue weighted by Crippen LogP contribution is 2.47. The molecule has 0 aliphatic heterocycles. The number of nitriles is 1. The van der Waals surface area contributed by atoms with Gasteiger partial charge in [0.05, 0.1) is 13.2 Å². The maximum absolute atomic E-state index is 13.3. The highest BCUT2D eigenvalue weighted by Gasteiger charge is 2.47. The van der Waals surface area contributed by atoms with Crippen LogP contribution in [0.5, 0.6) is 5.75 Å². The zero-order chi connectivity index (χ0) is 21.9. The molecule has 4 heteroatoms. The number of fused-ring (bicyclic) bond motifs is 1. The number of carbonyl (C=O) groups is 1. The van der Waals surface area contributed by atoms with Crippen LogP contribution in [0.15, 0.2) is 66.7 Å². The summed E-state index contributed by atoms with van der Waals surface area (Å²) in [4.78, 5) is 13.3. The average Bonchev–Trinajstić information content (AvgIpc) is 2.73. The zero-order valence-corrected chi connectivity index (χ0v) is 18.1. The van der Waals surface area contributed by atoms with E-state index in [9.17, 15) is 10.1 Å². The largest absolute Gasteiger partial charge is 0.496 e. The van der Waals surface area contributed by atoms with Gasteiger partial charge >= 0.3 is 5.97 Å². The van der Waals surface area contributed by atoms with Gasteiger partial charge in [-0.1, -0.05) is 60.7 Å². The molecule has 0 aliphatic carbocycles. The van der Waals surface area contributed by atoms with Gasteiger partial charge in [-0.05, 0) is 50.1 Å². The van der Waals surface area contributed by atoms with Crippen molar-refractivity contribution in [3.63, 3.8) is 0 Å². The van der Waals surface area contributed by atoms with Crippen LogP contribution in [0.2, 0.25) is 0 Å². The maximum Gasteiger partial charge on any atom is 0.327 e. The lowest BCUT2D eigenvalue weighted by molar-refractivity contribution is -0.164. The fourth-order valence-corrected chi connectivity index (χ4v) is 3.81. The summed E-state index contributed by atoms with van der Waals surface area (Å²) in [6.07, 6.45) is 0. The Morgan fingerprint density at radius 1 is 0.900 bits per heavy atom. The monoisotopic (exact) mass is 401 g/mol. The predicted molar refractivity (Wildman–Crippen MR) is 118 cm³/mol. The van der Waals surface area contributed by atoms with E-state index >= 15 is 0 Å². The van der Waals surface area contributed by atoms with Gasteiger partial charge in [0.2, 0.25) is 0 Å². The lowest BCUT2D eigenvalue weighted by Gasteiger charge is -2.34. The van der Waals surface area contributed by atoms with Crippen molar-refractivity contribution in [2.24, 2.45) is 5.41 Å². The molecule has 0 aliphatic rings. The van der Waals surface area contributed by atoms with Gasteiger partial charge in [0, 0.05) is 11.5 Å². The Morgan fingerprint density at radius 3 is 2.17 bits per heavy atom. The van der Waals surface area contributed by atoms with E-state index < -0.39 is 22.9 Å². The van der Waals surface area contributed by atoms with Gasteiger partial charge in [-0.2, -0.15) is 5.26 Å². The summed E-state index contributed by atoms with van der Waals surface area (Å²) in [5.74, 6) is -0.513. The molecule has 0 saturated carbocycles. The van der Waals surface area contributed by atoms with Crippen LogP contribution in [0.4, 0.5) is 0 Å². The second kappa shape index (κ2) is 8.20. The molecule has 30 heavy (non-hydrogen) atoms. The molecular weight excluding hydrogens is 374 g/mol. The number of benzene rings is 3. The smallest absolute Gasteiger partial charge is 0.327 e. The summed E-state index contributed by atoms with van der Waals surface area (Å²) in [6.45, 7) is 7.07. The molecule has 0 fully saturated rings. The summed E-state index contributed by atoms with van der Waals surface area (Å²) in [7, 11) is 1.59. The number of para-hydroxylation sites is 1. The van der Waals surface area contributed by atoms with E-state index in [1.165, 1.54) is 0 Å². The first-order valence-corrected chi connectivity index (χ1v) is 9.96. The predicted octanol–water partition coefficient (Wildman–Crippen LogP) is 5.85. The van der Waals surface area contributed by atoms with Crippen molar-refractivity contribution in [2.75, 3.05) is 7.11 Å². The third-order valence-corrected chi connectivity index (χ3v) is 5.22. The number of esters is 1. The molecule has 0 amide bonds. The third-order valence-electron chi connectivity index (χ3n) is 5.22. The molecular formula is C26H27NO3. The van der Waals surface area contributed by atoms with Crippen LogP contribution in [0.25, 0.3) is 10.8 Å². The van der Waals surface area contributed by atoms with E-state index in [1.807, 2.05) is 66.7 Å². The fraction of sp³-hybridized carbons (Fsp3) is 0.308. The van der Waals surface area contributed by atoms with Crippen LogP contribution in [0, 0.1) is 16.7 Å². The Bertz CT molecular complexity index is 1100. The number of rotatable bonds is 5. The quantitative estimate of drug-likeness (QED) is 0.503. The molecule has 0 saturated heterocycles. The van der Waals surface area contributed by atoms with Gasteiger partial charge in [0.15, 0.2) is 5.41 Å². The van der Waals surface area contributed by atoms with Crippen molar-refractivity contribution in [2.45, 2.75) is 39.2 Å². The lowest BCUT2D eigenvalue weighted by Crippen LogP contribution is -2.39. The Hall–Kier alpha value is -3.32. The minimum absolute atomic E-state index is 0.554. The van der Waals surface area contributed by atoms with Crippen LogP contribution >= 0.6 is 0 Å². The molecule has 0 heterocycles. The first-order chi connectivity index (χ1) is 14.2. The number of carbonyl (C=O) groups excluding carboxylic acids is 1.